The monoisotopic (exact) mass is 356 g/mol. The zero-order valence-electron chi connectivity index (χ0n) is 14.3. The Balaban J connectivity index is 1.81. The van der Waals surface area contributed by atoms with Crippen LogP contribution in [-0.2, 0) is 16.1 Å². The number of rotatable bonds is 5. The molecular weight excluding hydrogens is 336 g/mol. The van der Waals surface area contributed by atoms with Gasteiger partial charge in [-0.05, 0) is 44.4 Å². The molecule has 0 unspecified atom stereocenters. The number of carbonyl (C=O) groups is 1. The van der Waals surface area contributed by atoms with Gasteiger partial charge in [-0.1, -0.05) is 0 Å². The van der Waals surface area contributed by atoms with Crippen molar-refractivity contribution in [3.63, 3.8) is 0 Å². The van der Waals surface area contributed by atoms with Crippen molar-refractivity contribution in [2.45, 2.75) is 39.3 Å². The molecule has 3 heterocycles. The summed E-state index contributed by atoms with van der Waals surface area (Å²) in [6, 6.07) is 3.98. The van der Waals surface area contributed by atoms with Crippen molar-refractivity contribution >= 4 is 28.5 Å². The van der Waals surface area contributed by atoms with E-state index in [9.17, 15) is 10.1 Å². The van der Waals surface area contributed by atoms with Crippen LogP contribution in [0.2, 0.25) is 0 Å². The van der Waals surface area contributed by atoms with Crippen molar-refractivity contribution in [2.24, 2.45) is 0 Å². The Hall–Kier alpha value is -2.43. The van der Waals surface area contributed by atoms with Crippen LogP contribution in [0.25, 0.3) is 6.08 Å². The van der Waals surface area contributed by atoms with Gasteiger partial charge in [0.05, 0.1) is 6.10 Å². The van der Waals surface area contributed by atoms with Crippen LogP contribution >= 0.6 is 11.3 Å². The zero-order chi connectivity index (χ0) is 17.8. The van der Waals surface area contributed by atoms with E-state index in [0.717, 1.165) is 42.9 Å². The molecule has 130 valence electrons. The van der Waals surface area contributed by atoms with Crippen molar-refractivity contribution in [3.8, 4) is 6.07 Å². The fourth-order valence-electron chi connectivity index (χ4n) is 3.00. The molecule has 0 radical (unpaired) electrons. The maximum atomic E-state index is 12.3. The van der Waals surface area contributed by atoms with Gasteiger partial charge in [-0.2, -0.15) is 5.26 Å². The minimum absolute atomic E-state index is 0.0626. The smallest absolute Gasteiger partial charge is 0.268 e. The van der Waals surface area contributed by atoms with Gasteiger partial charge in [-0.15, -0.1) is 11.3 Å². The molecular formula is C18H20N4O2S. The Morgan fingerprint density at radius 2 is 2.44 bits per heavy atom. The first-order valence-corrected chi connectivity index (χ1v) is 9.07. The second-order valence-electron chi connectivity index (χ2n) is 6.03. The number of carbonyl (C=O) groups excluding carboxylic acids is 1. The fourth-order valence-corrected chi connectivity index (χ4v) is 3.52. The second-order valence-corrected chi connectivity index (χ2v) is 6.93. The van der Waals surface area contributed by atoms with E-state index in [1.807, 2.05) is 26.0 Å². The van der Waals surface area contributed by atoms with Gasteiger partial charge in [0.15, 0.2) is 5.13 Å². The van der Waals surface area contributed by atoms with Crippen LogP contribution in [0, 0.1) is 25.2 Å². The molecule has 1 atom stereocenters. The van der Waals surface area contributed by atoms with E-state index in [-0.39, 0.29) is 11.7 Å². The van der Waals surface area contributed by atoms with Crippen molar-refractivity contribution in [1.29, 1.82) is 5.26 Å². The number of hydrogen-bond donors (Lipinski definition) is 1. The second kappa shape index (κ2) is 7.64. The van der Waals surface area contributed by atoms with Gasteiger partial charge in [-0.3, -0.25) is 10.1 Å². The highest BCUT2D eigenvalue weighted by Gasteiger charge is 2.19. The van der Waals surface area contributed by atoms with Crippen molar-refractivity contribution in [2.75, 3.05) is 11.9 Å². The molecule has 1 N–H and O–H groups in total. The van der Waals surface area contributed by atoms with Gasteiger partial charge >= 0.3 is 0 Å². The molecule has 0 saturated carbocycles. The Morgan fingerprint density at radius 1 is 1.60 bits per heavy atom. The third kappa shape index (κ3) is 3.98. The highest BCUT2D eigenvalue weighted by molar-refractivity contribution is 7.13. The maximum absolute atomic E-state index is 12.3. The molecule has 7 heteroatoms. The number of aromatic nitrogens is 2. The van der Waals surface area contributed by atoms with E-state index in [4.69, 9.17) is 4.74 Å². The van der Waals surface area contributed by atoms with E-state index in [1.54, 1.807) is 17.7 Å². The van der Waals surface area contributed by atoms with Crippen molar-refractivity contribution < 1.29 is 9.53 Å². The summed E-state index contributed by atoms with van der Waals surface area (Å²) < 4.78 is 7.91. The topological polar surface area (TPSA) is 79.9 Å². The normalized spacial score (nSPS) is 17.5. The van der Waals surface area contributed by atoms with Gasteiger partial charge in [0.1, 0.15) is 11.6 Å². The molecule has 3 rings (SSSR count). The average Bonchev–Trinajstić information content (AvgIpc) is 3.32. The van der Waals surface area contributed by atoms with E-state index >= 15 is 0 Å². The molecule has 6 nitrogen and oxygen atoms in total. The molecule has 0 spiro atoms. The SMILES string of the molecule is Cc1cc(/C=C(\C#N)C(=O)Nc2nccs2)c(C)n1C[C@H]1CCCO1. The Kier molecular flexibility index (Phi) is 5.31. The summed E-state index contributed by atoms with van der Waals surface area (Å²) in [6.45, 7) is 5.66. The molecule has 1 aliphatic rings. The minimum atomic E-state index is -0.443. The summed E-state index contributed by atoms with van der Waals surface area (Å²) >= 11 is 1.32. The highest BCUT2D eigenvalue weighted by Crippen LogP contribution is 2.22. The van der Waals surface area contributed by atoms with Crippen LogP contribution in [0.1, 0.15) is 29.8 Å². The molecule has 0 bridgehead atoms. The van der Waals surface area contributed by atoms with Crippen molar-refractivity contribution in [1.82, 2.24) is 9.55 Å². The van der Waals surface area contributed by atoms with Crippen LogP contribution in [0.4, 0.5) is 5.13 Å². The quantitative estimate of drug-likeness (QED) is 0.658. The van der Waals surface area contributed by atoms with Crippen LogP contribution in [0.15, 0.2) is 23.2 Å². The molecule has 2 aromatic heterocycles. The number of hydrogen-bond acceptors (Lipinski definition) is 5. The first-order chi connectivity index (χ1) is 12.1. The summed E-state index contributed by atoms with van der Waals surface area (Å²) in [7, 11) is 0. The predicted molar refractivity (Wildman–Crippen MR) is 97.2 cm³/mol. The zero-order valence-corrected chi connectivity index (χ0v) is 15.1. The van der Waals surface area contributed by atoms with Gasteiger partial charge < -0.3 is 9.30 Å². The number of ether oxygens (including phenoxy) is 1. The van der Waals surface area contributed by atoms with E-state index in [0.29, 0.717) is 5.13 Å². The lowest BCUT2D eigenvalue weighted by atomic mass is 10.1. The maximum Gasteiger partial charge on any atom is 0.268 e. The number of nitrogens with zero attached hydrogens (tertiary/aromatic N) is 3. The third-order valence-corrected chi connectivity index (χ3v) is 5.03. The lowest BCUT2D eigenvalue weighted by molar-refractivity contribution is -0.112. The summed E-state index contributed by atoms with van der Waals surface area (Å²) in [5.41, 5.74) is 3.06. The van der Waals surface area contributed by atoms with E-state index in [2.05, 4.69) is 14.9 Å². The molecule has 0 aromatic carbocycles. The summed E-state index contributed by atoms with van der Waals surface area (Å²) in [6.07, 6.45) is 5.66. The van der Waals surface area contributed by atoms with Crippen LogP contribution < -0.4 is 5.32 Å². The lowest BCUT2D eigenvalue weighted by Gasteiger charge is -2.14. The number of thiazole rings is 1. The third-order valence-electron chi connectivity index (χ3n) is 4.34. The van der Waals surface area contributed by atoms with E-state index < -0.39 is 5.91 Å². The number of amides is 1. The Bertz CT molecular complexity index is 824. The average molecular weight is 356 g/mol. The largest absolute Gasteiger partial charge is 0.376 e. The minimum Gasteiger partial charge on any atom is -0.376 e. The first kappa shape index (κ1) is 17.4. The predicted octanol–water partition coefficient (Wildman–Crippen LogP) is 3.29. The Morgan fingerprint density at radius 3 is 3.08 bits per heavy atom. The van der Waals surface area contributed by atoms with Gasteiger partial charge in [0, 0.05) is 36.1 Å². The van der Waals surface area contributed by atoms with Gasteiger partial charge in [0.25, 0.3) is 5.91 Å². The van der Waals surface area contributed by atoms with Crippen LogP contribution in [0.3, 0.4) is 0 Å². The fraction of sp³-hybridized carbons (Fsp3) is 0.389. The molecule has 1 amide bonds. The highest BCUT2D eigenvalue weighted by atomic mass is 32.1. The Labute approximate surface area is 150 Å². The van der Waals surface area contributed by atoms with Crippen LogP contribution in [-0.4, -0.2) is 28.2 Å². The number of anilines is 1. The van der Waals surface area contributed by atoms with E-state index in [1.165, 1.54) is 11.3 Å². The first-order valence-electron chi connectivity index (χ1n) is 8.19. The molecule has 0 aliphatic carbocycles. The summed E-state index contributed by atoms with van der Waals surface area (Å²) in [5.74, 6) is -0.443. The summed E-state index contributed by atoms with van der Waals surface area (Å²) in [5, 5.41) is 14.3. The molecule has 25 heavy (non-hydrogen) atoms. The van der Waals surface area contributed by atoms with Crippen LogP contribution in [0.5, 0.6) is 0 Å². The molecule has 2 aromatic rings. The van der Waals surface area contributed by atoms with Gasteiger partial charge in [0.2, 0.25) is 0 Å². The van der Waals surface area contributed by atoms with Gasteiger partial charge in [-0.25, -0.2) is 4.98 Å². The number of aryl methyl sites for hydroxylation is 1. The van der Waals surface area contributed by atoms with Crippen molar-refractivity contribution in [3.05, 3.63) is 40.2 Å². The number of nitrogens with one attached hydrogen (secondary N) is 1. The lowest BCUT2D eigenvalue weighted by Crippen LogP contribution is -2.17. The molecule has 1 aliphatic heterocycles. The molecule has 1 saturated heterocycles. The molecule has 1 fully saturated rings. The standard InChI is InChI=1S/C18H20N4O2S/c1-12-8-14(13(2)22(12)11-16-4-3-6-24-16)9-15(10-19)17(23)21-18-20-5-7-25-18/h5,7-9,16H,3-4,6,11H2,1-2H3,(H,20,21,23)/b15-9+/t16-/m1/s1. The number of nitriles is 1. The summed E-state index contributed by atoms with van der Waals surface area (Å²) in [4.78, 5) is 16.3.